The Labute approximate surface area is 122 Å². The molecular weight excluding hydrogens is 275 g/mol. The third kappa shape index (κ3) is 6.03. The Kier molecular flexibility index (Phi) is 6.86. The quantitative estimate of drug-likeness (QED) is 0.265. The average Bonchev–Trinajstić information content (AvgIpc) is 2.50. The maximum absolute atomic E-state index is 12.1. The molecule has 0 bridgehead atoms. The minimum absolute atomic E-state index is 0.0407. The van der Waals surface area contributed by atoms with Gasteiger partial charge in [-0.05, 0) is 25.0 Å². The maximum atomic E-state index is 12.1. The number of nitrogens with two attached hydrogens (primary N) is 2. The van der Waals surface area contributed by atoms with E-state index in [9.17, 15) is 14.0 Å². The molecule has 0 aromatic heterocycles. The highest BCUT2D eigenvalue weighted by Crippen LogP contribution is 2.01. The van der Waals surface area contributed by atoms with Gasteiger partial charge in [0.25, 0.3) is 11.7 Å². The first-order valence-electron chi connectivity index (χ1n) is 6.61. The smallest absolute Gasteiger partial charge is 0.272 e. The van der Waals surface area contributed by atoms with Crippen LogP contribution in [-0.2, 0) is 4.79 Å². The molecule has 0 saturated heterocycles. The summed E-state index contributed by atoms with van der Waals surface area (Å²) in [7, 11) is 0. The molecule has 0 spiro atoms. The summed E-state index contributed by atoms with van der Waals surface area (Å²) in [5.74, 6) is -0.928. The van der Waals surface area contributed by atoms with Gasteiger partial charge in [0.05, 0.1) is 6.54 Å². The molecule has 7 heteroatoms. The highest BCUT2D eigenvalue weighted by Gasteiger charge is 2.18. The normalized spacial score (nSPS) is 12.7. The van der Waals surface area contributed by atoms with Crippen molar-refractivity contribution < 1.29 is 19.0 Å². The molecular formula is C14H20FN4O2+. The van der Waals surface area contributed by atoms with Gasteiger partial charge in [-0.1, -0.05) is 18.2 Å². The molecule has 1 atom stereocenters. The van der Waals surface area contributed by atoms with Gasteiger partial charge in [0.15, 0.2) is 6.67 Å². The van der Waals surface area contributed by atoms with Gasteiger partial charge in [0, 0.05) is 5.56 Å². The Balaban J connectivity index is 2.51. The lowest BCUT2D eigenvalue weighted by atomic mass is 10.1. The Hall–Kier alpha value is -2.44. The molecule has 1 aromatic carbocycles. The Morgan fingerprint density at radius 2 is 1.90 bits per heavy atom. The van der Waals surface area contributed by atoms with E-state index in [0.717, 1.165) is 0 Å². The van der Waals surface area contributed by atoms with Crippen LogP contribution in [0.25, 0.3) is 0 Å². The van der Waals surface area contributed by atoms with Crippen molar-refractivity contribution >= 4 is 17.6 Å². The van der Waals surface area contributed by atoms with Crippen LogP contribution in [0.2, 0.25) is 0 Å². The van der Waals surface area contributed by atoms with Crippen LogP contribution in [0, 0.1) is 0 Å². The molecule has 0 radical (unpaired) electrons. The number of alkyl halides is 1. The van der Waals surface area contributed by atoms with Gasteiger partial charge in [-0.2, -0.15) is 0 Å². The van der Waals surface area contributed by atoms with Gasteiger partial charge in [-0.3, -0.25) is 20.3 Å². The Bertz CT molecular complexity index is 505. The van der Waals surface area contributed by atoms with Crippen molar-refractivity contribution in [1.29, 1.82) is 0 Å². The molecule has 2 amide bonds. The fraction of sp³-hybridized carbons (Fsp3) is 0.357. The van der Waals surface area contributed by atoms with Crippen LogP contribution in [0.5, 0.6) is 0 Å². The number of rotatable bonds is 8. The summed E-state index contributed by atoms with van der Waals surface area (Å²) in [6, 6.07) is 7.77. The van der Waals surface area contributed by atoms with Crippen LogP contribution in [0.4, 0.5) is 4.39 Å². The van der Waals surface area contributed by atoms with Gasteiger partial charge in [-0.15, -0.1) is 0 Å². The van der Waals surface area contributed by atoms with E-state index in [1.165, 1.54) is 0 Å². The SMILES string of the molecule is NC(=O)C(CCC[NH+]=C(N)CF)NC(=O)c1ccccc1. The molecule has 0 fully saturated rings. The number of primary amides is 1. The monoisotopic (exact) mass is 295 g/mol. The van der Waals surface area contributed by atoms with E-state index in [0.29, 0.717) is 24.9 Å². The van der Waals surface area contributed by atoms with E-state index in [1.54, 1.807) is 30.3 Å². The fourth-order valence-electron chi connectivity index (χ4n) is 1.72. The number of halogens is 1. The molecule has 0 aliphatic heterocycles. The van der Waals surface area contributed by atoms with Crippen LogP contribution in [0.15, 0.2) is 30.3 Å². The minimum Gasteiger partial charge on any atom is -0.368 e. The number of amides is 2. The molecule has 1 aromatic rings. The van der Waals surface area contributed by atoms with Gasteiger partial charge >= 0.3 is 0 Å². The first kappa shape index (κ1) is 16.6. The average molecular weight is 295 g/mol. The topological polar surface area (TPSA) is 112 Å². The van der Waals surface area contributed by atoms with Crippen LogP contribution >= 0.6 is 0 Å². The van der Waals surface area contributed by atoms with Crippen molar-refractivity contribution in [1.82, 2.24) is 5.32 Å². The van der Waals surface area contributed by atoms with Crippen LogP contribution < -0.4 is 21.8 Å². The van der Waals surface area contributed by atoms with E-state index in [2.05, 4.69) is 10.3 Å². The molecule has 1 rings (SSSR count). The molecule has 1 unspecified atom stereocenters. The molecule has 6 N–H and O–H groups in total. The lowest BCUT2D eigenvalue weighted by Crippen LogP contribution is -2.76. The van der Waals surface area contributed by atoms with Crippen molar-refractivity contribution in [3.05, 3.63) is 35.9 Å². The molecule has 6 nitrogen and oxygen atoms in total. The van der Waals surface area contributed by atoms with Crippen molar-refractivity contribution in [3.63, 3.8) is 0 Å². The number of hydrogen-bond donors (Lipinski definition) is 4. The number of benzene rings is 1. The summed E-state index contributed by atoms with van der Waals surface area (Å²) in [4.78, 5) is 26.0. The molecule has 0 saturated carbocycles. The lowest BCUT2D eigenvalue weighted by Gasteiger charge is -2.14. The second-order valence-corrected chi connectivity index (χ2v) is 4.52. The summed E-state index contributed by atoms with van der Waals surface area (Å²) in [5.41, 5.74) is 11.0. The number of hydrogen-bond acceptors (Lipinski definition) is 2. The van der Waals surface area contributed by atoms with Crippen molar-refractivity contribution in [2.24, 2.45) is 11.5 Å². The second-order valence-electron chi connectivity index (χ2n) is 4.52. The Morgan fingerprint density at radius 1 is 1.24 bits per heavy atom. The molecule has 21 heavy (non-hydrogen) atoms. The van der Waals surface area contributed by atoms with Crippen LogP contribution in [-0.4, -0.2) is 36.9 Å². The predicted molar refractivity (Wildman–Crippen MR) is 77.1 cm³/mol. The molecule has 0 aliphatic carbocycles. The van der Waals surface area contributed by atoms with E-state index in [-0.39, 0.29) is 11.7 Å². The van der Waals surface area contributed by atoms with E-state index in [4.69, 9.17) is 11.5 Å². The number of carbonyl (C=O) groups excluding carboxylic acids is 2. The summed E-state index contributed by atoms with van der Waals surface area (Å²) < 4.78 is 12.1. The summed E-state index contributed by atoms with van der Waals surface area (Å²) in [6.07, 6.45) is 0.865. The van der Waals surface area contributed by atoms with Gasteiger partial charge in [0.1, 0.15) is 6.04 Å². The van der Waals surface area contributed by atoms with Crippen molar-refractivity contribution in [3.8, 4) is 0 Å². The zero-order valence-corrected chi connectivity index (χ0v) is 11.6. The third-order valence-corrected chi connectivity index (χ3v) is 2.85. The highest BCUT2D eigenvalue weighted by atomic mass is 19.1. The maximum Gasteiger partial charge on any atom is 0.272 e. The lowest BCUT2D eigenvalue weighted by molar-refractivity contribution is -0.460. The van der Waals surface area contributed by atoms with E-state index >= 15 is 0 Å². The summed E-state index contributed by atoms with van der Waals surface area (Å²) in [6.45, 7) is -0.343. The van der Waals surface area contributed by atoms with E-state index < -0.39 is 18.6 Å². The number of carbonyl (C=O) groups is 2. The minimum atomic E-state index is -0.772. The van der Waals surface area contributed by atoms with Crippen LogP contribution in [0.3, 0.4) is 0 Å². The molecule has 0 heterocycles. The first-order chi connectivity index (χ1) is 10.0. The summed E-state index contributed by atoms with van der Waals surface area (Å²) in [5, 5.41) is 2.58. The fourth-order valence-corrected chi connectivity index (χ4v) is 1.72. The highest BCUT2D eigenvalue weighted by molar-refractivity contribution is 5.97. The molecule has 114 valence electrons. The van der Waals surface area contributed by atoms with Crippen LogP contribution in [0.1, 0.15) is 23.2 Å². The second kappa shape index (κ2) is 8.68. The standard InChI is InChI=1S/C14H19FN4O2/c15-9-12(16)18-8-4-7-11(13(17)20)19-14(21)10-5-2-1-3-6-10/h1-3,5-6,11H,4,7-9H2,(H2,16,18)(H2,17,20)(H,19,21)/p+1. The first-order valence-corrected chi connectivity index (χ1v) is 6.61. The van der Waals surface area contributed by atoms with Crippen molar-refractivity contribution in [2.75, 3.05) is 13.2 Å². The van der Waals surface area contributed by atoms with Crippen molar-refractivity contribution in [2.45, 2.75) is 18.9 Å². The van der Waals surface area contributed by atoms with Gasteiger partial charge in [0.2, 0.25) is 5.91 Å². The third-order valence-electron chi connectivity index (χ3n) is 2.85. The zero-order chi connectivity index (χ0) is 15.7. The van der Waals surface area contributed by atoms with E-state index in [1.807, 2.05) is 0 Å². The Morgan fingerprint density at radius 3 is 2.48 bits per heavy atom. The zero-order valence-electron chi connectivity index (χ0n) is 11.6. The van der Waals surface area contributed by atoms with Gasteiger partial charge < -0.3 is 11.1 Å². The summed E-state index contributed by atoms with van der Waals surface area (Å²) >= 11 is 0. The number of nitrogens with one attached hydrogen (secondary N) is 2. The van der Waals surface area contributed by atoms with Gasteiger partial charge in [-0.25, -0.2) is 4.39 Å². The predicted octanol–water partition coefficient (Wildman–Crippen LogP) is -1.54. The number of amidine groups is 1. The molecule has 0 aliphatic rings. The largest absolute Gasteiger partial charge is 0.368 e.